The van der Waals surface area contributed by atoms with Gasteiger partial charge < -0.3 is 0 Å². The van der Waals surface area contributed by atoms with Gasteiger partial charge in [-0.2, -0.15) is 0 Å². The van der Waals surface area contributed by atoms with Gasteiger partial charge in [0.1, 0.15) is 0 Å². The molecule has 0 spiro atoms. The van der Waals surface area contributed by atoms with Crippen LogP contribution in [0.15, 0.2) is 71.2 Å². The van der Waals surface area contributed by atoms with Crippen molar-refractivity contribution in [1.82, 2.24) is 0 Å². The van der Waals surface area contributed by atoms with Gasteiger partial charge in [-0.05, 0) is 22.2 Å². The van der Waals surface area contributed by atoms with Crippen molar-refractivity contribution in [3.63, 3.8) is 0 Å². The smallest absolute Gasteiger partial charge is 0.0434 e. The van der Waals surface area contributed by atoms with Crippen molar-refractivity contribution in [2.45, 2.75) is 0 Å². The van der Waals surface area contributed by atoms with E-state index in [-0.39, 0.29) is 0 Å². The third-order valence-corrected chi connectivity index (χ3v) is 6.26. The summed E-state index contributed by atoms with van der Waals surface area (Å²) >= 11 is 5.65. The summed E-state index contributed by atoms with van der Waals surface area (Å²) in [5, 5.41) is 7.97. The van der Waals surface area contributed by atoms with Crippen LogP contribution in [0.1, 0.15) is 0 Å². The third kappa shape index (κ3) is 1.62. The molecule has 0 saturated heterocycles. The molecule has 5 aromatic rings. The number of halogens is 1. The molecule has 0 atom stereocenters. The van der Waals surface area contributed by atoms with Crippen molar-refractivity contribution in [2.75, 3.05) is 0 Å². The lowest BCUT2D eigenvalue weighted by atomic mass is 10.0. The minimum atomic E-state index is 1.17. The van der Waals surface area contributed by atoms with Crippen molar-refractivity contribution >= 4 is 69.0 Å². The monoisotopic (exact) mass is 362 g/mol. The molecule has 104 valence electrons. The second kappa shape index (κ2) is 4.55. The number of hydrogen-bond acceptors (Lipinski definition) is 1. The lowest BCUT2D eigenvalue weighted by Gasteiger charge is -2.02. The second-order valence-corrected chi connectivity index (χ2v) is 7.42. The molecule has 0 aliphatic rings. The fourth-order valence-electron chi connectivity index (χ4n) is 3.28. The highest BCUT2D eigenvalue weighted by Gasteiger charge is 2.12. The molecule has 1 heterocycles. The molecule has 0 unspecified atom stereocenters. The maximum absolute atomic E-state index is 3.74. The van der Waals surface area contributed by atoms with Crippen LogP contribution in [-0.2, 0) is 0 Å². The number of benzene rings is 4. The summed E-state index contributed by atoms with van der Waals surface area (Å²) < 4.78 is 3.94. The first kappa shape index (κ1) is 12.6. The molecular weight excluding hydrogens is 352 g/mol. The molecular formula is C20H11BrS. The highest BCUT2D eigenvalue weighted by molar-refractivity contribution is 9.10. The Labute approximate surface area is 140 Å². The van der Waals surface area contributed by atoms with Gasteiger partial charge >= 0.3 is 0 Å². The summed E-state index contributed by atoms with van der Waals surface area (Å²) in [7, 11) is 0. The summed E-state index contributed by atoms with van der Waals surface area (Å²) in [5.74, 6) is 0. The van der Waals surface area contributed by atoms with Crippen molar-refractivity contribution in [2.24, 2.45) is 0 Å². The molecule has 22 heavy (non-hydrogen) atoms. The normalized spacial score (nSPS) is 11.9. The van der Waals surface area contributed by atoms with Crippen LogP contribution in [0.4, 0.5) is 0 Å². The second-order valence-electron chi connectivity index (χ2n) is 5.55. The van der Waals surface area contributed by atoms with Crippen molar-refractivity contribution in [1.29, 1.82) is 0 Å². The van der Waals surface area contributed by atoms with Crippen LogP contribution in [0.2, 0.25) is 0 Å². The Morgan fingerprint density at radius 2 is 1.23 bits per heavy atom. The van der Waals surface area contributed by atoms with Gasteiger partial charge in [0.15, 0.2) is 0 Å². The molecule has 5 rings (SSSR count). The molecule has 0 bridgehead atoms. The fourth-order valence-corrected chi connectivity index (χ4v) is 5.21. The van der Waals surface area contributed by atoms with E-state index in [0.717, 1.165) is 0 Å². The Bertz CT molecular complexity index is 1180. The van der Waals surface area contributed by atoms with E-state index in [0.29, 0.717) is 0 Å². The minimum absolute atomic E-state index is 1.17. The van der Waals surface area contributed by atoms with Crippen LogP contribution in [-0.4, -0.2) is 0 Å². The van der Waals surface area contributed by atoms with E-state index in [1.807, 2.05) is 11.3 Å². The molecule has 2 heteroatoms. The van der Waals surface area contributed by atoms with Crippen LogP contribution in [0, 0.1) is 0 Å². The number of fused-ring (bicyclic) bond motifs is 7. The van der Waals surface area contributed by atoms with Crippen LogP contribution in [0.3, 0.4) is 0 Å². The summed E-state index contributed by atoms with van der Waals surface area (Å²) in [6.45, 7) is 0. The van der Waals surface area contributed by atoms with Gasteiger partial charge in [0.25, 0.3) is 0 Å². The quantitative estimate of drug-likeness (QED) is 0.275. The Kier molecular flexibility index (Phi) is 2.61. The molecule has 0 aliphatic carbocycles. The summed E-state index contributed by atoms with van der Waals surface area (Å²) in [6, 6.07) is 24.0. The standard InChI is InChI=1S/C20H11BrS/c21-18-11-17-16-10-9-12-5-1-2-6-13(12)19(16)22-20(17)15-8-4-3-7-14(15)18/h1-11H. The molecule has 0 amide bonds. The Hall–Kier alpha value is -1.90. The number of hydrogen-bond donors (Lipinski definition) is 0. The fraction of sp³-hybridized carbons (Fsp3) is 0. The minimum Gasteiger partial charge on any atom is -0.134 e. The molecule has 0 nitrogen and oxygen atoms in total. The summed E-state index contributed by atoms with van der Waals surface area (Å²) in [6.07, 6.45) is 0. The zero-order valence-electron chi connectivity index (χ0n) is 11.6. The van der Waals surface area contributed by atoms with Gasteiger partial charge in [0.05, 0.1) is 0 Å². The highest BCUT2D eigenvalue weighted by Crippen LogP contribution is 2.43. The van der Waals surface area contributed by atoms with Crippen molar-refractivity contribution in [3.05, 3.63) is 71.2 Å². The Balaban J connectivity index is 2.10. The maximum atomic E-state index is 3.74. The van der Waals surface area contributed by atoms with Crippen LogP contribution in [0.5, 0.6) is 0 Å². The first-order valence-electron chi connectivity index (χ1n) is 7.24. The van der Waals surface area contributed by atoms with Gasteiger partial charge in [-0.15, -0.1) is 11.3 Å². The summed E-state index contributed by atoms with van der Waals surface area (Å²) in [5.41, 5.74) is 0. The van der Waals surface area contributed by atoms with Gasteiger partial charge in [-0.1, -0.05) is 76.6 Å². The van der Waals surface area contributed by atoms with Crippen LogP contribution in [0.25, 0.3) is 41.7 Å². The first-order chi connectivity index (χ1) is 10.8. The topological polar surface area (TPSA) is 0 Å². The van der Waals surface area contributed by atoms with Gasteiger partial charge in [0, 0.05) is 30.0 Å². The molecule has 0 aliphatic heterocycles. The molecule has 0 saturated carbocycles. The predicted molar refractivity (Wildman–Crippen MR) is 102 cm³/mol. The SMILES string of the molecule is Brc1cc2c3ccc4ccccc4c3sc2c2ccccc12. The average molecular weight is 363 g/mol. The highest BCUT2D eigenvalue weighted by atomic mass is 79.9. The van der Waals surface area contributed by atoms with Crippen molar-refractivity contribution < 1.29 is 0 Å². The Morgan fingerprint density at radius 1 is 0.591 bits per heavy atom. The number of rotatable bonds is 0. The van der Waals surface area contributed by atoms with E-state index >= 15 is 0 Å². The first-order valence-corrected chi connectivity index (χ1v) is 8.85. The van der Waals surface area contributed by atoms with E-state index in [1.54, 1.807) is 0 Å². The lowest BCUT2D eigenvalue weighted by Crippen LogP contribution is -1.75. The van der Waals surface area contributed by atoms with E-state index < -0.39 is 0 Å². The predicted octanol–water partition coefficient (Wildman–Crippen LogP) is 7.12. The van der Waals surface area contributed by atoms with Crippen molar-refractivity contribution in [3.8, 4) is 0 Å². The largest absolute Gasteiger partial charge is 0.134 e. The third-order valence-electron chi connectivity index (χ3n) is 4.32. The van der Waals surface area contributed by atoms with E-state index in [1.165, 1.54) is 46.2 Å². The van der Waals surface area contributed by atoms with Crippen LogP contribution >= 0.6 is 27.3 Å². The number of thiophene rings is 1. The average Bonchev–Trinajstić information content (AvgIpc) is 2.94. The molecule has 0 N–H and O–H groups in total. The van der Waals surface area contributed by atoms with E-state index in [4.69, 9.17) is 0 Å². The van der Waals surface area contributed by atoms with E-state index in [2.05, 4.69) is 82.7 Å². The Morgan fingerprint density at radius 3 is 2.09 bits per heavy atom. The van der Waals surface area contributed by atoms with Crippen LogP contribution < -0.4 is 0 Å². The molecule has 4 aromatic carbocycles. The van der Waals surface area contributed by atoms with Gasteiger partial charge in [0.2, 0.25) is 0 Å². The van der Waals surface area contributed by atoms with Gasteiger partial charge in [-0.3, -0.25) is 0 Å². The lowest BCUT2D eigenvalue weighted by molar-refractivity contribution is 1.78. The van der Waals surface area contributed by atoms with E-state index in [9.17, 15) is 0 Å². The summed E-state index contributed by atoms with van der Waals surface area (Å²) in [4.78, 5) is 0. The molecule has 0 radical (unpaired) electrons. The molecule has 1 aromatic heterocycles. The maximum Gasteiger partial charge on any atom is 0.0434 e. The molecule has 0 fully saturated rings. The zero-order chi connectivity index (χ0) is 14.7. The zero-order valence-corrected chi connectivity index (χ0v) is 14.0. The van der Waals surface area contributed by atoms with Gasteiger partial charge in [-0.25, -0.2) is 0 Å².